The fraction of sp³-hybridized carbons (Fsp3) is 0.333. The van der Waals surface area contributed by atoms with Gasteiger partial charge in [-0.05, 0) is 95.8 Å². The van der Waals surface area contributed by atoms with Crippen LogP contribution in [0.2, 0.25) is 0 Å². The SMILES string of the molecule is COc1cc2c(cc1OC)C(=O)/C(=C/c1ccc(OCCCCN[N+]3(C)CCN(c4ccc(/C=C5\Cc6cc(OC)c(OC)cc6C5=O)cc4)CC3)cc1)C2.[Br-]. The summed E-state index contributed by atoms with van der Waals surface area (Å²) in [5.41, 5.74) is 11.7. The number of fused-ring (bicyclic) bond motifs is 2. The first-order valence-electron chi connectivity index (χ1n) is 18.9. The van der Waals surface area contributed by atoms with Gasteiger partial charge in [0.15, 0.2) is 34.6 Å². The number of nitrogens with zero attached hydrogens (tertiary/aromatic N) is 2. The van der Waals surface area contributed by atoms with Crippen LogP contribution in [0, 0.1) is 0 Å². The maximum absolute atomic E-state index is 13.1. The molecule has 1 fully saturated rings. The second-order valence-electron chi connectivity index (χ2n) is 14.5. The first-order valence-corrected chi connectivity index (χ1v) is 18.9. The number of nitrogens with one attached hydrogen (secondary N) is 1. The van der Waals surface area contributed by atoms with E-state index in [9.17, 15) is 9.59 Å². The highest BCUT2D eigenvalue weighted by Gasteiger charge is 2.30. The third-order valence-corrected chi connectivity index (χ3v) is 10.9. The number of hydrogen-bond donors (Lipinski definition) is 1. The van der Waals surface area contributed by atoms with Gasteiger partial charge in [0.05, 0.1) is 55.2 Å². The van der Waals surface area contributed by atoms with E-state index in [-0.39, 0.29) is 28.5 Å². The minimum absolute atomic E-state index is 0. The van der Waals surface area contributed by atoms with E-state index in [4.69, 9.17) is 23.7 Å². The molecule has 0 aromatic heterocycles. The van der Waals surface area contributed by atoms with Crippen molar-refractivity contribution in [3.63, 3.8) is 0 Å². The molecule has 1 N–H and O–H groups in total. The summed E-state index contributed by atoms with van der Waals surface area (Å²) in [5.74, 6) is 3.30. The van der Waals surface area contributed by atoms with Crippen LogP contribution in [0.1, 0.15) is 55.8 Å². The third-order valence-electron chi connectivity index (χ3n) is 10.9. The molecular formula is C45H50BrN3O7. The minimum atomic E-state index is 0. The summed E-state index contributed by atoms with van der Waals surface area (Å²) in [6, 6.07) is 23.8. The molecule has 0 amide bonds. The van der Waals surface area contributed by atoms with Crippen LogP contribution in [-0.2, 0) is 12.8 Å². The van der Waals surface area contributed by atoms with Gasteiger partial charge in [0.25, 0.3) is 0 Å². The molecule has 294 valence electrons. The molecule has 0 unspecified atom stereocenters. The average Bonchev–Trinajstić information content (AvgIpc) is 3.68. The zero-order valence-electron chi connectivity index (χ0n) is 32.8. The summed E-state index contributed by atoms with van der Waals surface area (Å²) >= 11 is 0. The average molecular weight is 825 g/mol. The molecule has 1 aliphatic heterocycles. The molecular weight excluding hydrogens is 774 g/mol. The molecule has 3 aliphatic rings. The first kappa shape index (κ1) is 40.6. The van der Waals surface area contributed by atoms with Crippen LogP contribution in [0.25, 0.3) is 12.2 Å². The Morgan fingerprint density at radius 1 is 0.661 bits per heavy atom. The van der Waals surface area contributed by atoms with Gasteiger partial charge in [0.2, 0.25) is 0 Å². The Morgan fingerprint density at radius 2 is 1.12 bits per heavy atom. The molecule has 1 heterocycles. The normalized spacial score (nSPS) is 17.1. The van der Waals surface area contributed by atoms with Gasteiger partial charge >= 0.3 is 0 Å². The van der Waals surface area contributed by atoms with Crippen LogP contribution in [0.3, 0.4) is 0 Å². The van der Waals surface area contributed by atoms with Crippen molar-refractivity contribution in [1.82, 2.24) is 5.43 Å². The van der Waals surface area contributed by atoms with Gasteiger partial charge in [0, 0.05) is 47.3 Å². The van der Waals surface area contributed by atoms with Crippen molar-refractivity contribution < 1.29 is 54.8 Å². The lowest BCUT2D eigenvalue weighted by molar-refractivity contribution is -0.952. The van der Waals surface area contributed by atoms with Crippen molar-refractivity contribution in [2.24, 2.45) is 0 Å². The van der Waals surface area contributed by atoms with E-state index in [1.165, 1.54) is 5.69 Å². The largest absolute Gasteiger partial charge is 1.00 e. The lowest BCUT2D eigenvalue weighted by atomic mass is 10.1. The van der Waals surface area contributed by atoms with Gasteiger partial charge < -0.3 is 45.6 Å². The number of carbonyl (C=O) groups excluding carboxylic acids is 2. The second kappa shape index (κ2) is 17.8. The molecule has 0 bridgehead atoms. The van der Waals surface area contributed by atoms with Gasteiger partial charge in [-0.3, -0.25) is 9.59 Å². The van der Waals surface area contributed by atoms with E-state index < -0.39 is 0 Å². The Bertz CT molecular complexity index is 2120. The number of Topliss-reactive ketones (excluding diaryl/α,β-unsaturated/α-hetero) is 2. The molecule has 0 atom stereocenters. The topological polar surface area (TPSA) is 95.6 Å². The molecule has 1 saturated heterocycles. The number of quaternary nitrogens is 1. The number of rotatable bonds is 14. The first-order chi connectivity index (χ1) is 26.7. The van der Waals surface area contributed by atoms with Gasteiger partial charge in [-0.25, -0.2) is 4.59 Å². The Balaban J connectivity index is 0.00000532. The monoisotopic (exact) mass is 823 g/mol. The van der Waals surface area contributed by atoms with Crippen molar-refractivity contribution in [2.75, 3.05) is 79.7 Å². The number of halogens is 1. The number of likely N-dealkylation sites (N-methyl/N-ethyl adjacent to an activating group) is 1. The van der Waals surface area contributed by atoms with Crippen molar-refractivity contribution in [3.05, 3.63) is 117 Å². The van der Waals surface area contributed by atoms with Gasteiger partial charge in [-0.2, -0.15) is 5.43 Å². The van der Waals surface area contributed by atoms with Gasteiger partial charge in [0.1, 0.15) is 18.8 Å². The van der Waals surface area contributed by atoms with E-state index in [0.29, 0.717) is 53.6 Å². The maximum Gasteiger partial charge on any atom is 0.189 e. The van der Waals surface area contributed by atoms with Crippen molar-refractivity contribution in [2.45, 2.75) is 25.7 Å². The zero-order valence-corrected chi connectivity index (χ0v) is 34.4. The molecule has 0 saturated carbocycles. The molecule has 0 radical (unpaired) electrons. The molecule has 4 aromatic carbocycles. The van der Waals surface area contributed by atoms with Gasteiger partial charge in [-0.1, -0.05) is 24.3 Å². The Labute approximate surface area is 340 Å². The highest BCUT2D eigenvalue weighted by atomic mass is 79.9. The number of ketones is 2. The molecule has 2 aliphatic carbocycles. The lowest BCUT2D eigenvalue weighted by Gasteiger charge is -2.42. The molecule has 56 heavy (non-hydrogen) atoms. The van der Waals surface area contributed by atoms with E-state index in [2.05, 4.69) is 41.6 Å². The van der Waals surface area contributed by atoms with Crippen LogP contribution in [0.5, 0.6) is 28.7 Å². The van der Waals surface area contributed by atoms with E-state index >= 15 is 0 Å². The maximum atomic E-state index is 13.1. The fourth-order valence-electron chi connectivity index (χ4n) is 7.64. The second-order valence-corrected chi connectivity index (χ2v) is 14.5. The number of carbonyl (C=O) groups is 2. The summed E-state index contributed by atoms with van der Waals surface area (Å²) < 4.78 is 28.5. The summed E-state index contributed by atoms with van der Waals surface area (Å²) in [6.45, 7) is 5.50. The minimum Gasteiger partial charge on any atom is -1.00 e. The number of anilines is 1. The number of unbranched alkanes of at least 4 members (excludes halogenated alkanes) is 1. The Hall–Kier alpha value is -5.10. The van der Waals surface area contributed by atoms with Crippen LogP contribution in [-0.4, -0.2) is 91.0 Å². The number of hydrogen-bond acceptors (Lipinski definition) is 9. The zero-order chi connectivity index (χ0) is 38.5. The summed E-state index contributed by atoms with van der Waals surface area (Å²) in [4.78, 5) is 28.6. The highest BCUT2D eigenvalue weighted by Crippen LogP contribution is 2.38. The van der Waals surface area contributed by atoms with E-state index in [1.54, 1.807) is 40.6 Å². The fourth-order valence-corrected chi connectivity index (χ4v) is 7.64. The Kier molecular flexibility index (Phi) is 12.9. The summed E-state index contributed by atoms with van der Waals surface area (Å²) in [5, 5.41) is 0. The lowest BCUT2D eigenvalue weighted by Crippen LogP contribution is -3.00. The number of methoxy groups -OCH3 is 4. The number of benzene rings is 4. The quantitative estimate of drug-likeness (QED) is 0.115. The highest BCUT2D eigenvalue weighted by molar-refractivity contribution is 6.16. The predicted octanol–water partition coefficient (Wildman–Crippen LogP) is 4.00. The standard InChI is InChI=1S/C45H50N3O7.BrH/c1-48(19-17-47(18-20-48)36-12-8-30(9-13-36)22-34-24-32-26-40(51-2)42(53-4)28-38(32)44(34)49)46-16-6-7-21-55-37-14-10-31(11-15-37)23-35-25-33-27-41(52-3)43(54-5)29-39(33)45(35)50;/h8-15,22-23,26-29,46H,6-7,16-21,24-25H2,1-5H3;1H/q+1;/p-1/b34-22+,35-23+;. The number of ether oxygens (including phenoxy) is 5. The van der Waals surface area contributed by atoms with Crippen LogP contribution in [0.4, 0.5) is 5.69 Å². The van der Waals surface area contributed by atoms with Crippen LogP contribution >= 0.6 is 0 Å². The van der Waals surface area contributed by atoms with Crippen molar-refractivity contribution in [3.8, 4) is 28.7 Å². The number of piperazine rings is 1. The molecule has 4 aromatic rings. The van der Waals surface area contributed by atoms with Crippen molar-refractivity contribution >= 4 is 29.4 Å². The molecule has 10 nitrogen and oxygen atoms in total. The van der Waals surface area contributed by atoms with E-state index in [1.807, 2.05) is 48.6 Å². The molecule has 7 rings (SSSR count). The number of allylic oxidation sites excluding steroid dienone is 2. The predicted molar refractivity (Wildman–Crippen MR) is 215 cm³/mol. The van der Waals surface area contributed by atoms with Crippen LogP contribution in [0.15, 0.2) is 83.9 Å². The van der Waals surface area contributed by atoms with Crippen molar-refractivity contribution in [1.29, 1.82) is 0 Å². The van der Waals surface area contributed by atoms with Gasteiger partial charge in [-0.15, -0.1) is 0 Å². The molecule has 11 heteroatoms. The third kappa shape index (κ3) is 8.80. The summed E-state index contributed by atoms with van der Waals surface area (Å²) in [7, 11) is 8.64. The smallest absolute Gasteiger partial charge is 0.189 e. The van der Waals surface area contributed by atoms with Crippen LogP contribution < -0.4 is 51.0 Å². The Morgan fingerprint density at radius 3 is 1.61 bits per heavy atom. The van der Waals surface area contributed by atoms with E-state index in [0.717, 1.165) is 89.3 Å². The molecule has 0 spiro atoms. The summed E-state index contributed by atoms with van der Waals surface area (Å²) in [6.07, 6.45) is 7.07.